The summed E-state index contributed by atoms with van der Waals surface area (Å²) in [7, 11) is 0. The zero-order chi connectivity index (χ0) is 19.2. The molecule has 0 spiro atoms. The zero-order valence-electron chi connectivity index (χ0n) is 14.0. The maximum atomic E-state index is 13.4. The highest BCUT2D eigenvalue weighted by molar-refractivity contribution is 7.99. The van der Waals surface area contributed by atoms with Crippen molar-refractivity contribution in [2.24, 2.45) is 0 Å². The van der Waals surface area contributed by atoms with Gasteiger partial charge in [0, 0.05) is 30.6 Å². The van der Waals surface area contributed by atoms with Gasteiger partial charge in [-0.15, -0.1) is 0 Å². The summed E-state index contributed by atoms with van der Waals surface area (Å²) in [6.07, 6.45) is 3.46. The largest absolute Gasteiger partial charge is 0.320 e. The van der Waals surface area contributed by atoms with Gasteiger partial charge in [0.2, 0.25) is 5.91 Å². The fraction of sp³-hybridized carbons (Fsp3) is 0.111. The van der Waals surface area contributed by atoms with Gasteiger partial charge < -0.3 is 5.32 Å². The van der Waals surface area contributed by atoms with E-state index in [1.54, 1.807) is 35.2 Å². The van der Waals surface area contributed by atoms with E-state index in [0.717, 1.165) is 0 Å². The van der Waals surface area contributed by atoms with Gasteiger partial charge in [-0.1, -0.05) is 30.0 Å². The number of anilines is 1. The molecule has 0 fully saturated rings. The molecule has 0 aliphatic carbocycles. The van der Waals surface area contributed by atoms with E-state index in [1.807, 2.05) is 0 Å². The van der Waals surface area contributed by atoms with Crippen molar-refractivity contribution in [2.45, 2.75) is 11.6 Å². The third-order valence-electron chi connectivity index (χ3n) is 3.63. The lowest BCUT2D eigenvalue weighted by Crippen LogP contribution is -2.13. The maximum Gasteiger partial charge on any atom is 0.292 e. The average Bonchev–Trinajstić information content (AvgIpc) is 3.10. The molecule has 1 aromatic heterocycles. The third kappa shape index (κ3) is 4.70. The summed E-state index contributed by atoms with van der Waals surface area (Å²) in [5.74, 6) is -0.264. The van der Waals surface area contributed by atoms with Gasteiger partial charge >= 0.3 is 0 Å². The summed E-state index contributed by atoms with van der Waals surface area (Å²) in [6, 6.07) is 12.1. The van der Waals surface area contributed by atoms with E-state index in [0.29, 0.717) is 16.6 Å². The van der Waals surface area contributed by atoms with Crippen LogP contribution in [-0.4, -0.2) is 26.1 Å². The second-order valence-electron chi connectivity index (χ2n) is 5.48. The number of hydrogen-bond acceptors (Lipinski definition) is 5. The van der Waals surface area contributed by atoms with E-state index >= 15 is 0 Å². The molecule has 1 heterocycles. The summed E-state index contributed by atoms with van der Waals surface area (Å²) in [4.78, 5) is 26.8. The van der Waals surface area contributed by atoms with E-state index in [9.17, 15) is 19.3 Å². The molecule has 1 N–H and O–H groups in total. The number of nitro benzene ring substituents is 1. The Bertz CT molecular complexity index is 977. The first-order valence-electron chi connectivity index (χ1n) is 8.00. The molecule has 0 unspecified atom stereocenters. The number of para-hydroxylation sites is 2. The predicted molar refractivity (Wildman–Crippen MR) is 101 cm³/mol. The molecule has 9 heteroatoms. The molecule has 7 nitrogen and oxygen atoms in total. The quantitative estimate of drug-likeness (QED) is 0.376. The smallest absolute Gasteiger partial charge is 0.292 e. The molecular weight excluding hydrogens is 371 g/mol. The van der Waals surface area contributed by atoms with Gasteiger partial charge in [-0.25, -0.2) is 9.37 Å². The van der Waals surface area contributed by atoms with Crippen LogP contribution in [-0.2, 0) is 4.79 Å². The van der Waals surface area contributed by atoms with Crippen LogP contribution in [0.15, 0.2) is 66.1 Å². The van der Waals surface area contributed by atoms with E-state index in [2.05, 4.69) is 10.3 Å². The first-order chi connectivity index (χ1) is 13.0. The number of benzene rings is 2. The summed E-state index contributed by atoms with van der Waals surface area (Å²) in [5.41, 5.74) is 0.651. The van der Waals surface area contributed by atoms with Gasteiger partial charge in [0.1, 0.15) is 11.5 Å². The van der Waals surface area contributed by atoms with Crippen molar-refractivity contribution < 1.29 is 14.1 Å². The Kier molecular flexibility index (Phi) is 5.82. The van der Waals surface area contributed by atoms with Crippen LogP contribution in [0.5, 0.6) is 0 Å². The van der Waals surface area contributed by atoms with Gasteiger partial charge in [0.25, 0.3) is 5.69 Å². The van der Waals surface area contributed by atoms with Crippen LogP contribution in [0.2, 0.25) is 0 Å². The Hall–Kier alpha value is -3.20. The summed E-state index contributed by atoms with van der Waals surface area (Å²) in [5, 5.41) is 14.2. The Morgan fingerprint density at radius 2 is 2.07 bits per heavy atom. The number of carbonyl (C=O) groups is 1. The van der Waals surface area contributed by atoms with E-state index in [-0.39, 0.29) is 29.5 Å². The highest BCUT2D eigenvalue weighted by atomic mass is 32.2. The fourth-order valence-corrected chi connectivity index (χ4v) is 3.32. The van der Waals surface area contributed by atoms with Crippen molar-refractivity contribution in [3.8, 4) is 5.69 Å². The van der Waals surface area contributed by atoms with Crippen molar-refractivity contribution in [1.82, 2.24) is 9.55 Å². The molecule has 3 aromatic rings. The van der Waals surface area contributed by atoms with Gasteiger partial charge in [0.05, 0.1) is 10.6 Å². The lowest BCUT2D eigenvalue weighted by molar-refractivity contribution is -0.383. The summed E-state index contributed by atoms with van der Waals surface area (Å²) in [6.45, 7) is 0. The Morgan fingerprint density at radius 1 is 1.26 bits per heavy atom. The number of carbonyl (C=O) groups excluding carboxylic acids is 1. The van der Waals surface area contributed by atoms with Gasteiger partial charge in [0.15, 0.2) is 5.16 Å². The number of nitrogens with zero attached hydrogens (tertiary/aromatic N) is 3. The molecule has 0 aliphatic heterocycles. The Labute approximate surface area is 158 Å². The lowest BCUT2D eigenvalue weighted by atomic mass is 10.2. The molecule has 0 saturated carbocycles. The molecule has 3 rings (SSSR count). The SMILES string of the molecule is O=C(CCSc1nccn1-c1cccc(F)c1)Nc1ccccc1[N+](=O)[O-]. The fourth-order valence-electron chi connectivity index (χ4n) is 2.41. The van der Waals surface area contributed by atoms with Crippen LogP contribution in [0, 0.1) is 15.9 Å². The lowest BCUT2D eigenvalue weighted by Gasteiger charge is -2.08. The minimum atomic E-state index is -0.542. The monoisotopic (exact) mass is 386 g/mol. The summed E-state index contributed by atoms with van der Waals surface area (Å²) < 4.78 is 15.1. The van der Waals surface area contributed by atoms with Crippen LogP contribution in [0.4, 0.5) is 15.8 Å². The first kappa shape index (κ1) is 18.6. The number of rotatable bonds is 7. The number of aromatic nitrogens is 2. The number of thioether (sulfide) groups is 1. The van der Waals surface area contributed by atoms with E-state index < -0.39 is 4.92 Å². The minimum absolute atomic E-state index is 0.146. The second-order valence-corrected chi connectivity index (χ2v) is 6.54. The zero-order valence-corrected chi connectivity index (χ0v) is 14.9. The van der Waals surface area contributed by atoms with Crippen LogP contribution in [0.25, 0.3) is 5.69 Å². The summed E-state index contributed by atoms with van der Waals surface area (Å²) >= 11 is 1.34. The standard InChI is InChI=1S/C18H15FN4O3S/c19-13-4-3-5-14(12-13)22-10-9-20-18(22)27-11-8-17(24)21-15-6-1-2-7-16(15)23(25)26/h1-7,9-10,12H,8,11H2,(H,21,24). The van der Waals surface area contributed by atoms with Crippen LogP contribution in [0.1, 0.15) is 6.42 Å². The molecule has 0 atom stereocenters. The first-order valence-corrected chi connectivity index (χ1v) is 8.98. The number of nitrogens with one attached hydrogen (secondary N) is 1. The second kappa shape index (κ2) is 8.45. The molecule has 1 amide bonds. The van der Waals surface area contributed by atoms with Crippen LogP contribution in [0.3, 0.4) is 0 Å². The maximum absolute atomic E-state index is 13.4. The molecule has 138 valence electrons. The van der Waals surface area contributed by atoms with Crippen molar-refractivity contribution in [3.05, 3.63) is 76.9 Å². The topological polar surface area (TPSA) is 90.1 Å². The van der Waals surface area contributed by atoms with Gasteiger partial charge in [-0.05, 0) is 24.3 Å². The van der Waals surface area contributed by atoms with Gasteiger partial charge in [-0.3, -0.25) is 19.5 Å². The normalized spacial score (nSPS) is 10.6. The van der Waals surface area contributed by atoms with Crippen molar-refractivity contribution in [2.75, 3.05) is 11.1 Å². The predicted octanol–water partition coefficient (Wildman–Crippen LogP) is 4.04. The number of amides is 1. The third-order valence-corrected chi connectivity index (χ3v) is 4.60. The molecule has 2 aromatic carbocycles. The highest BCUT2D eigenvalue weighted by Gasteiger charge is 2.15. The molecule has 0 aliphatic rings. The van der Waals surface area contributed by atoms with Gasteiger partial charge in [-0.2, -0.15) is 0 Å². The molecular formula is C18H15FN4O3S. The van der Waals surface area contributed by atoms with Crippen LogP contribution < -0.4 is 5.32 Å². The number of nitro groups is 1. The minimum Gasteiger partial charge on any atom is -0.320 e. The number of imidazole rings is 1. The molecule has 0 radical (unpaired) electrons. The highest BCUT2D eigenvalue weighted by Crippen LogP contribution is 2.24. The molecule has 27 heavy (non-hydrogen) atoms. The molecule has 0 bridgehead atoms. The van der Waals surface area contributed by atoms with E-state index in [4.69, 9.17) is 0 Å². The van der Waals surface area contributed by atoms with Crippen LogP contribution >= 0.6 is 11.8 Å². The number of hydrogen-bond donors (Lipinski definition) is 1. The van der Waals surface area contributed by atoms with Crippen molar-refractivity contribution in [3.63, 3.8) is 0 Å². The number of halogens is 1. The van der Waals surface area contributed by atoms with Crippen molar-refractivity contribution in [1.29, 1.82) is 0 Å². The molecule has 0 saturated heterocycles. The van der Waals surface area contributed by atoms with E-state index in [1.165, 1.54) is 42.1 Å². The Balaban J connectivity index is 1.59. The Morgan fingerprint density at radius 3 is 2.85 bits per heavy atom. The average molecular weight is 386 g/mol. The van der Waals surface area contributed by atoms with Crippen molar-refractivity contribution >= 4 is 29.0 Å².